The first-order valence-corrected chi connectivity index (χ1v) is 7.41. The second kappa shape index (κ2) is 6.45. The number of carbonyl (C=O) groups is 1. The molecule has 2 heterocycles. The van der Waals surface area contributed by atoms with Crippen molar-refractivity contribution in [2.75, 3.05) is 0 Å². The molecule has 0 bridgehead atoms. The molecule has 3 rings (SSSR count). The Hall–Kier alpha value is -2.46. The number of carboxylic acid groups (broad SMARTS) is 1. The molecule has 0 spiro atoms. The predicted molar refractivity (Wildman–Crippen MR) is 82.2 cm³/mol. The molecular formula is C16H16O9. The van der Waals surface area contributed by atoms with Gasteiger partial charge in [-0.2, -0.15) is 0 Å². The molecule has 1 fully saturated rings. The van der Waals surface area contributed by atoms with Crippen molar-refractivity contribution in [1.82, 2.24) is 0 Å². The fraction of sp³-hybridized carbons (Fsp3) is 0.375. The third kappa shape index (κ3) is 3.22. The van der Waals surface area contributed by atoms with Crippen molar-refractivity contribution in [3.05, 3.63) is 40.2 Å². The number of fused-ring (bicyclic) bond motifs is 1. The standard InChI is InChI=1S/C16H16O9/c1-6-4-10(17)24-9-5-7(2-3-8(6)9)23-16-13(20)11(18)12(19)14(25-16)15(21)22/h2-5,11-14,16,18-20H,1H3,(H,21,22)/t11-,12-,13+,14+,16+/m1/s1. The van der Waals surface area contributed by atoms with E-state index in [-0.39, 0.29) is 11.3 Å². The summed E-state index contributed by atoms with van der Waals surface area (Å²) in [4.78, 5) is 22.5. The topological polar surface area (TPSA) is 147 Å². The first-order valence-electron chi connectivity index (χ1n) is 7.41. The molecule has 25 heavy (non-hydrogen) atoms. The van der Waals surface area contributed by atoms with Crippen LogP contribution < -0.4 is 10.4 Å². The van der Waals surface area contributed by atoms with Crippen LogP contribution in [-0.2, 0) is 9.53 Å². The third-order valence-electron chi connectivity index (χ3n) is 3.99. The first kappa shape index (κ1) is 17.4. The molecule has 0 unspecified atom stereocenters. The number of rotatable bonds is 3. The van der Waals surface area contributed by atoms with Crippen molar-refractivity contribution in [3.8, 4) is 5.75 Å². The normalized spacial score (nSPS) is 29.5. The monoisotopic (exact) mass is 352 g/mol. The molecule has 0 amide bonds. The highest BCUT2D eigenvalue weighted by molar-refractivity contribution is 5.81. The lowest BCUT2D eigenvalue weighted by molar-refractivity contribution is -0.271. The Morgan fingerprint density at radius 2 is 1.84 bits per heavy atom. The lowest BCUT2D eigenvalue weighted by Gasteiger charge is -2.38. The summed E-state index contributed by atoms with van der Waals surface area (Å²) in [5, 5.41) is 39.1. The molecule has 2 aromatic rings. The average molecular weight is 352 g/mol. The summed E-state index contributed by atoms with van der Waals surface area (Å²) < 4.78 is 15.5. The summed E-state index contributed by atoms with van der Waals surface area (Å²) >= 11 is 0. The molecular weight excluding hydrogens is 336 g/mol. The Morgan fingerprint density at radius 3 is 2.52 bits per heavy atom. The number of hydrogen-bond donors (Lipinski definition) is 4. The number of hydrogen-bond acceptors (Lipinski definition) is 8. The molecule has 0 aliphatic carbocycles. The van der Waals surface area contributed by atoms with Gasteiger partial charge in [0.1, 0.15) is 29.6 Å². The maximum Gasteiger partial charge on any atom is 0.336 e. The molecule has 1 aliphatic heterocycles. The van der Waals surface area contributed by atoms with E-state index in [1.54, 1.807) is 13.0 Å². The van der Waals surface area contributed by atoms with Crippen LogP contribution in [0.3, 0.4) is 0 Å². The van der Waals surface area contributed by atoms with Crippen LogP contribution in [0.4, 0.5) is 0 Å². The van der Waals surface area contributed by atoms with Gasteiger partial charge < -0.3 is 34.3 Å². The van der Waals surface area contributed by atoms with Gasteiger partial charge in [0.05, 0.1) is 0 Å². The lowest BCUT2D eigenvalue weighted by atomic mass is 9.99. The fourth-order valence-electron chi connectivity index (χ4n) is 2.66. The highest BCUT2D eigenvalue weighted by Crippen LogP contribution is 2.27. The van der Waals surface area contributed by atoms with E-state index in [4.69, 9.17) is 19.0 Å². The summed E-state index contributed by atoms with van der Waals surface area (Å²) in [5.74, 6) is -1.38. The zero-order valence-electron chi connectivity index (χ0n) is 13.0. The van der Waals surface area contributed by atoms with Crippen LogP contribution in [0.2, 0.25) is 0 Å². The zero-order chi connectivity index (χ0) is 18.3. The van der Waals surface area contributed by atoms with E-state index < -0.39 is 42.3 Å². The van der Waals surface area contributed by atoms with Gasteiger partial charge in [-0.05, 0) is 24.6 Å². The van der Waals surface area contributed by atoms with E-state index in [2.05, 4.69) is 0 Å². The lowest BCUT2D eigenvalue weighted by Crippen LogP contribution is -2.61. The zero-order valence-corrected chi connectivity index (χ0v) is 13.0. The minimum atomic E-state index is -1.80. The quantitative estimate of drug-likeness (QED) is 0.530. The Bertz CT molecular complexity index is 858. The van der Waals surface area contributed by atoms with Crippen molar-refractivity contribution in [2.24, 2.45) is 0 Å². The first-order chi connectivity index (χ1) is 11.8. The van der Waals surface area contributed by atoms with E-state index in [0.29, 0.717) is 10.9 Å². The minimum absolute atomic E-state index is 0.123. The van der Waals surface area contributed by atoms with Gasteiger partial charge in [0, 0.05) is 17.5 Å². The van der Waals surface area contributed by atoms with E-state index in [1.165, 1.54) is 18.2 Å². The fourth-order valence-corrected chi connectivity index (χ4v) is 2.66. The van der Waals surface area contributed by atoms with Crippen LogP contribution in [0.15, 0.2) is 33.5 Å². The number of aliphatic carboxylic acids is 1. The number of aryl methyl sites for hydroxylation is 1. The van der Waals surface area contributed by atoms with Crippen molar-refractivity contribution in [1.29, 1.82) is 0 Å². The molecule has 0 radical (unpaired) electrons. The summed E-state index contributed by atoms with van der Waals surface area (Å²) in [6.07, 6.45) is -8.53. The molecule has 1 aromatic carbocycles. The van der Waals surface area contributed by atoms with Gasteiger partial charge >= 0.3 is 11.6 Å². The van der Waals surface area contributed by atoms with Crippen LogP contribution in [0, 0.1) is 6.92 Å². The largest absolute Gasteiger partial charge is 0.479 e. The summed E-state index contributed by atoms with van der Waals surface area (Å²) in [6.45, 7) is 1.74. The number of aliphatic hydroxyl groups excluding tert-OH is 3. The van der Waals surface area contributed by atoms with Gasteiger partial charge in [-0.25, -0.2) is 9.59 Å². The molecule has 4 N–H and O–H groups in total. The van der Waals surface area contributed by atoms with Crippen molar-refractivity contribution < 1.29 is 39.1 Å². The molecule has 1 aliphatic rings. The molecule has 134 valence electrons. The van der Waals surface area contributed by atoms with Crippen molar-refractivity contribution in [2.45, 2.75) is 37.6 Å². The second-order valence-electron chi connectivity index (χ2n) is 5.76. The van der Waals surface area contributed by atoms with Gasteiger partial charge in [0.2, 0.25) is 6.29 Å². The Morgan fingerprint density at radius 1 is 1.12 bits per heavy atom. The summed E-state index contributed by atoms with van der Waals surface area (Å²) in [6, 6.07) is 5.86. The SMILES string of the molecule is Cc1cc(=O)oc2cc(O[C@H]3O[C@H](C(=O)O)[C@H](O)[C@@H](O)[C@@H]3O)ccc12. The minimum Gasteiger partial charge on any atom is -0.479 e. The number of carboxylic acids is 1. The number of benzene rings is 1. The number of aliphatic hydroxyl groups is 3. The van der Waals surface area contributed by atoms with E-state index in [1.807, 2.05) is 0 Å². The van der Waals surface area contributed by atoms with Gasteiger partial charge in [-0.1, -0.05) is 0 Å². The molecule has 1 saturated heterocycles. The van der Waals surface area contributed by atoms with Crippen molar-refractivity contribution >= 4 is 16.9 Å². The second-order valence-corrected chi connectivity index (χ2v) is 5.76. The van der Waals surface area contributed by atoms with Crippen LogP contribution in [-0.4, -0.2) is 57.1 Å². The molecule has 1 aromatic heterocycles. The Balaban J connectivity index is 1.89. The molecule has 9 nitrogen and oxygen atoms in total. The molecule has 9 heteroatoms. The highest BCUT2D eigenvalue weighted by atomic mass is 16.7. The maximum atomic E-state index is 11.5. The van der Waals surface area contributed by atoms with Crippen LogP contribution in [0.1, 0.15) is 5.56 Å². The molecule has 5 atom stereocenters. The van der Waals surface area contributed by atoms with E-state index in [0.717, 1.165) is 0 Å². The maximum absolute atomic E-state index is 11.5. The van der Waals surface area contributed by atoms with Crippen LogP contribution in [0.5, 0.6) is 5.75 Å². The summed E-state index contributed by atoms with van der Waals surface area (Å²) in [7, 11) is 0. The van der Waals surface area contributed by atoms with E-state index in [9.17, 15) is 24.9 Å². The highest BCUT2D eigenvalue weighted by Gasteiger charge is 2.48. The third-order valence-corrected chi connectivity index (χ3v) is 3.99. The Labute approximate surface area is 140 Å². The number of ether oxygens (including phenoxy) is 2. The molecule has 0 saturated carbocycles. The Kier molecular flexibility index (Phi) is 4.48. The average Bonchev–Trinajstić information content (AvgIpc) is 2.54. The van der Waals surface area contributed by atoms with Crippen molar-refractivity contribution in [3.63, 3.8) is 0 Å². The summed E-state index contributed by atoms with van der Waals surface area (Å²) in [5.41, 5.74) is 0.403. The predicted octanol–water partition coefficient (Wildman–Crippen LogP) is -0.628. The smallest absolute Gasteiger partial charge is 0.336 e. The van der Waals surface area contributed by atoms with Gasteiger partial charge in [-0.15, -0.1) is 0 Å². The van der Waals surface area contributed by atoms with Gasteiger partial charge in [-0.3, -0.25) is 0 Å². The van der Waals surface area contributed by atoms with Crippen LogP contribution >= 0.6 is 0 Å². The van der Waals surface area contributed by atoms with Gasteiger partial charge in [0.15, 0.2) is 6.10 Å². The van der Waals surface area contributed by atoms with E-state index >= 15 is 0 Å². The van der Waals surface area contributed by atoms with Crippen LogP contribution in [0.25, 0.3) is 11.0 Å². The van der Waals surface area contributed by atoms with Gasteiger partial charge in [0.25, 0.3) is 0 Å².